The summed E-state index contributed by atoms with van der Waals surface area (Å²) >= 11 is 0. The third kappa shape index (κ3) is 5.53. The molecule has 0 aliphatic carbocycles. The van der Waals surface area contributed by atoms with Crippen molar-refractivity contribution in [3.63, 3.8) is 0 Å². The van der Waals surface area contributed by atoms with E-state index >= 15 is 0 Å². The summed E-state index contributed by atoms with van der Waals surface area (Å²) in [5, 5.41) is 4.95. The van der Waals surface area contributed by atoms with Crippen molar-refractivity contribution in [1.82, 2.24) is 4.57 Å². The molecule has 10 aromatic rings. The molecule has 2 nitrogen and oxygen atoms in total. The molecule has 9 aromatic carbocycles. The first-order valence-corrected chi connectivity index (χ1v) is 18.5. The number of para-hydroxylation sites is 2. The zero-order chi connectivity index (χ0) is 35.8. The third-order valence-electron chi connectivity index (χ3n) is 10.6. The standard InChI is InChI=1S/C52H36N2/c1-3-15-37(16-4-1)40-29-32-43(33-30-40)53(44-22-13-21-42(35-44)38-17-5-2-6-18-38)49-26-11-9-23-46(49)47-25-14-28-51-52(47)48-24-10-12-27-50(48)54(51)45-34-31-39-19-7-8-20-41(39)36-45/h1-36H. The maximum absolute atomic E-state index is 2.42. The van der Waals surface area contributed by atoms with Crippen molar-refractivity contribution in [3.8, 4) is 39.1 Å². The van der Waals surface area contributed by atoms with Crippen LogP contribution in [0.2, 0.25) is 0 Å². The molecule has 0 saturated carbocycles. The Balaban J connectivity index is 1.19. The molecule has 0 fully saturated rings. The predicted octanol–water partition coefficient (Wildman–Crippen LogP) is 14.4. The van der Waals surface area contributed by atoms with Crippen molar-refractivity contribution in [2.75, 3.05) is 4.90 Å². The van der Waals surface area contributed by atoms with E-state index in [2.05, 4.69) is 228 Å². The Morgan fingerprint density at radius 1 is 0.333 bits per heavy atom. The maximum atomic E-state index is 2.42. The van der Waals surface area contributed by atoms with Gasteiger partial charge in [-0.1, -0.05) is 164 Å². The minimum absolute atomic E-state index is 1.10. The van der Waals surface area contributed by atoms with Gasteiger partial charge in [-0.15, -0.1) is 0 Å². The van der Waals surface area contributed by atoms with E-state index in [0.717, 1.165) is 22.7 Å². The van der Waals surface area contributed by atoms with Crippen LogP contribution in [0.4, 0.5) is 17.1 Å². The summed E-state index contributed by atoms with van der Waals surface area (Å²) in [5.41, 5.74) is 14.0. The van der Waals surface area contributed by atoms with Crippen LogP contribution in [0.25, 0.3) is 71.6 Å². The van der Waals surface area contributed by atoms with Gasteiger partial charge in [-0.2, -0.15) is 0 Å². The fraction of sp³-hybridized carbons (Fsp3) is 0. The Kier molecular flexibility index (Phi) is 7.85. The minimum atomic E-state index is 1.10. The highest BCUT2D eigenvalue weighted by atomic mass is 15.1. The Bertz CT molecular complexity index is 2920. The molecule has 254 valence electrons. The molecular weight excluding hydrogens is 653 g/mol. The molecule has 0 unspecified atom stereocenters. The molecule has 54 heavy (non-hydrogen) atoms. The zero-order valence-corrected chi connectivity index (χ0v) is 29.7. The average molecular weight is 689 g/mol. The topological polar surface area (TPSA) is 8.17 Å². The van der Waals surface area contributed by atoms with Gasteiger partial charge in [0.2, 0.25) is 0 Å². The lowest BCUT2D eigenvalue weighted by Gasteiger charge is -2.28. The first-order valence-electron chi connectivity index (χ1n) is 18.5. The highest BCUT2D eigenvalue weighted by molar-refractivity contribution is 6.17. The molecule has 0 atom stereocenters. The highest BCUT2D eigenvalue weighted by Crippen LogP contribution is 2.46. The van der Waals surface area contributed by atoms with Crippen LogP contribution in [0.3, 0.4) is 0 Å². The Hall–Kier alpha value is -7.16. The van der Waals surface area contributed by atoms with Gasteiger partial charge in [-0.3, -0.25) is 0 Å². The molecule has 0 saturated heterocycles. The zero-order valence-electron chi connectivity index (χ0n) is 29.7. The number of hydrogen-bond acceptors (Lipinski definition) is 1. The Morgan fingerprint density at radius 3 is 1.74 bits per heavy atom. The SMILES string of the molecule is c1ccc(-c2ccc(N(c3cccc(-c4ccccc4)c3)c3ccccc3-c3cccc4c3c3ccccc3n4-c3ccc4ccccc4c3)cc2)cc1. The lowest BCUT2D eigenvalue weighted by Crippen LogP contribution is -2.11. The van der Waals surface area contributed by atoms with Gasteiger partial charge in [0, 0.05) is 33.4 Å². The average Bonchev–Trinajstić information content (AvgIpc) is 3.59. The van der Waals surface area contributed by atoms with Gasteiger partial charge < -0.3 is 9.47 Å². The normalized spacial score (nSPS) is 11.3. The van der Waals surface area contributed by atoms with Crippen molar-refractivity contribution < 1.29 is 0 Å². The number of rotatable bonds is 7. The van der Waals surface area contributed by atoms with Crippen LogP contribution in [-0.2, 0) is 0 Å². The molecule has 0 aliphatic rings. The highest BCUT2D eigenvalue weighted by Gasteiger charge is 2.22. The van der Waals surface area contributed by atoms with E-state index < -0.39 is 0 Å². The van der Waals surface area contributed by atoms with Crippen LogP contribution >= 0.6 is 0 Å². The first-order chi connectivity index (χ1) is 26.8. The fourth-order valence-corrected chi connectivity index (χ4v) is 8.05. The molecule has 0 N–H and O–H groups in total. The van der Waals surface area contributed by atoms with Crippen molar-refractivity contribution in [3.05, 3.63) is 218 Å². The molecule has 1 heterocycles. The summed E-state index contributed by atoms with van der Waals surface area (Å²) in [5.74, 6) is 0. The van der Waals surface area contributed by atoms with E-state index in [-0.39, 0.29) is 0 Å². The van der Waals surface area contributed by atoms with Crippen LogP contribution in [0.15, 0.2) is 218 Å². The van der Waals surface area contributed by atoms with Crippen LogP contribution in [-0.4, -0.2) is 4.57 Å². The van der Waals surface area contributed by atoms with E-state index in [9.17, 15) is 0 Å². The van der Waals surface area contributed by atoms with Crippen molar-refractivity contribution in [2.24, 2.45) is 0 Å². The van der Waals surface area contributed by atoms with Crippen LogP contribution < -0.4 is 4.90 Å². The number of hydrogen-bond donors (Lipinski definition) is 0. The van der Waals surface area contributed by atoms with Gasteiger partial charge in [-0.05, 0) is 93.2 Å². The molecule has 0 amide bonds. The predicted molar refractivity (Wildman–Crippen MR) is 229 cm³/mol. The van der Waals surface area contributed by atoms with Crippen LogP contribution in [0, 0.1) is 0 Å². The van der Waals surface area contributed by atoms with Crippen LogP contribution in [0.5, 0.6) is 0 Å². The van der Waals surface area contributed by atoms with Gasteiger partial charge >= 0.3 is 0 Å². The Morgan fingerprint density at radius 2 is 0.926 bits per heavy atom. The first kappa shape index (κ1) is 31.6. The molecule has 2 heteroatoms. The Labute approximate surface area is 315 Å². The largest absolute Gasteiger partial charge is 0.310 e. The summed E-state index contributed by atoms with van der Waals surface area (Å²) < 4.78 is 2.42. The monoisotopic (exact) mass is 688 g/mol. The molecule has 0 aliphatic heterocycles. The van der Waals surface area contributed by atoms with Gasteiger partial charge in [0.25, 0.3) is 0 Å². The van der Waals surface area contributed by atoms with Crippen molar-refractivity contribution >= 4 is 49.6 Å². The second-order valence-corrected chi connectivity index (χ2v) is 13.8. The maximum Gasteiger partial charge on any atom is 0.0547 e. The second kappa shape index (κ2) is 13.4. The summed E-state index contributed by atoms with van der Waals surface area (Å²) in [6.07, 6.45) is 0. The van der Waals surface area contributed by atoms with Gasteiger partial charge in [0.05, 0.1) is 16.7 Å². The van der Waals surface area contributed by atoms with Crippen LogP contribution in [0.1, 0.15) is 0 Å². The number of benzene rings is 9. The summed E-state index contributed by atoms with van der Waals surface area (Å²) in [6.45, 7) is 0. The molecule has 1 aromatic heterocycles. The number of anilines is 3. The number of nitrogens with zero attached hydrogens (tertiary/aromatic N) is 2. The molecule has 0 radical (unpaired) electrons. The smallest absolute Gasteiger partial charge is 0.0547 e. The van der Waals surface area contributed by atoms with E-state index in [1.165, 1.54) is 66.0 Å². The summed E-state index contributed by atoms with van der Waals surface area (Å²) in [4.78, 5) is 2.41. The second-order valence-electron chi connectivity index (χ2n) is 13.8. The minimum Gasteiger partial charge on any atom is -0.310 e. The molecular formula is C52H36N2. The quantitative estimate of drug-likeness (QED) is 0.162. The van der Waals surface area contributed by atoms with Gasteiger partial charge in [0.15, 0.2) is 0 Å². The summed E-state index contributed by atoms with van der Waals surface area (Å²) in [7, 11) is 0. The molecule has 0 spiro atoms. The van der Waals surface area contributed by atoms with Crippen molar-refractivity contribution in [2.45, 2.75) is 0 Å². The number of fused-ring (bicyclic) bond motifs is 4. The number of aromatic nitrogens is 1. The fourth-order valence-electron chi connectivity index (χ4n) is 8.05. The summed E-state index contributed by atoms with van der Waals surface area (Å²) in [6, 6.07) is 78.9. The lowest BCUT2D eigenvalue weighted by molar-refractivity contribution is 1.19. The van der Waals surface area contributed by atoms with Gasteiger partial charge in [-0.25, -0.2) is 0 Å². The molecule has 10 rings (SSSR count). The molecule has 0 bridgehead atoms. The van der Waals surface area contributed by atoms with Gasteiger partial charge in [0.1, 0.15) is 0 Å². The lowest BCUT2D eigenvalue weighted by atomic mass is 9.96. The van der Waals surface area contributed by atoms with E-state index in [1.54, 1.807) is 0 Å². The van der Waals surface area contributed by atoms with E-state index in [1.807, 2.05) is 0 Å². The third-order valence-corrected chi connectivity index (χ3v) is 10.6. The van der Waals surface area contributed by atoms with E-state index in [0.29, 0.717) is 0 Å². The van der Waals surface area contributed by atoms with Crippen molar-refractivity contribution in [1.29, 1.82) is 0 Å². The van der Waals surface area contributed by atoms with E-state index in [4.69, 9.17) is 0 Å².